The average Bonchev–Trinajstić information content (AvgIpc) is 2.82. The van der Waals surface area contributed by atoms with Crippen molar-refractivity contribution in [1.82, 2.24) is 5.32 Å². The van der Waals surface area contributed by atoms with Crippen LogP contribution < -0.4 is 19.1 Å². The molecule has 0 saturated carbocycles. The van der Waals surface area contributed by atoms with Gasteiger partial charge in [-0.15, -0.1) is 0 Å². The molecule has 0 aliphatic carbocycles. The van der Waals surface area contributed by atoms with Crippen molar-refractivity contribution < 1.29 is 22.7 Å². The lowest BCUT2D eigenvalue weighted by Crippen LogP contribution is -2.51. The lowest BCUT2D eigenvalue weighted by atomic mass is 10.2. The van der Waals surface area contributed by atoms with Crippen LogP contribution in [0.1, 0.15) is 5.56 Å². The number of nitrogens with one attached hydrogen (secondary N) is 1. The smallest absolute Gasteiger partial charge is 0.264 e. The number of para-hydroxylation sites is 1. The molecule has 33 heavy (non-hydrogen) atoms. The third-order valence-corrected chi connectivity index (χ3v) is 7.13. The Morgan fingerprint density at radius 3 is 2.58 bits per heavy atom. The van der Waals surface area contributed by atoms with E-state index in [0.717, 1.165) is 5.56 Å². The highest BCUT2D eigenvalue weighted by molar-refractivity contribution is 7.92. The number of aryl methyl sites for hydroxylation is 1. The van der Waals surface area contributed by atoms with E-state index in [2.05, 4.69) is 5.32 Å². The van der Waals surface area contributed by atoms with E-state index >= 15 is 0 Å². The minimum Gasteiger partial charge on any atom is -0.492 e. The topological polar surface area (TPSA) is 84.9 Å². The van der Waals surface area contributed by atoms with Crippen LogP contribution in [-0.2, 0) is 14.8 Å². The van der Waals surface area contributed by atoms with Crippen LogP contribution in [0.25, 0.3) is 0 Å². The molecule has 1 aliphatic rings. The van der Waals surface area contributed by atoms with Crippen LogP contribution in [0, 0.1) is 6.92 Å². The molecule has 7 nitrogen and oxygen atoms in total. The second-order valence-corrected chi connectivity index (χ2v) is 9.82. The van der Waals surface area contributed by atoms with Crippen molar-refractivity contribution in [3.8, 4) is 11.5 Å². The molecule has 172 valence electrons. The number of hydrogen-bond donors (Lipinski definition) is 1. The monoisotopic (exact) mass is 486 g/mol. The first-order valence-electron chi connectivity index (χ1n) is 10.4. The van der Waals surface area contributed by atoms with Crippen LogP contribution in [-0.4, -0.2) is 40.1 Å². The lowest BCUT2D eigenvalue weighted by Gasteiger charge is -2.34. The molecular formula is C24H23ClN2O5S. The van der Waals surface area contributed by atoms with Gasteiger partial charge < -0.3 is 14.8 Å². The van der Waals surface area contributed by atoms with Gasteiger partial charge in [-0.25, -0.2) is 8.42 Å². The highest BCUT2D eigenvalue weighted by Crippen LogP contribution is 2.38. The molecular weight excluding hydrogens is 464 g/mol. The number of halogens is 1. The van der Waals surface area contributed by atoms with Gasteiger partial charge in [0.1, 0.15) is 18.1 Å². The van der Waals surface area contributed by atoms with E-state index in [-0.39, 0.29) is 30.3 Å². The molecule has 3 aromatic rings. The number of carbonyl (C=O) groups excluding carboxylic acids is 1. The molecule has 9 heteroatoms. The number of amides is 1. The number of sulfonamides is 1. The molecule has 0 saturated heterocycles. The van der Waals surface area contributed by atoms with Gasteiger partial charge in [-0.05, 0) is 49.4 Å². The summed E-state index contributed by atoms with van der Waals surface area (Å²) in [7, 11) is -3.95. The number of rotatable bonds is 7. The maximum Gasteiger partial charge on any atom is 0.264 e. The normalized spacial score (nSPS) is 15.3. The summed E-state index contributed by atoms with van der Waals surface area (Å²) in [5.41, 5.74) is 1.23. The largest absolute Gasteiger partial charge is 0.492 e. The Labute approximate surface area is 197 Å². The molecule has 1 N–H and O–H groups in total. The summed E-state index contributed by atoms with van der Waals surface area (Å²) in [5.74, 6) is 0.528. The molecule has 0 fully saturated rings. The zero-order valence-corrected chi connectivity index (χ0v) is 19.5. The van der Waals surface area contributed by atoms with Gasteiger partial charge in [0.05, 0.1) is 23.7 Å². The van der Waals surface area contributed by atoms with Gasteiger partial charge in [-0.1, -0.05) is 47.5 Å². The zero-order chi connectivity index (χ0) is 23.4. The van der Waals surface area contributed by atoms with Gasteiger partial charge in [0, 0.05) is 5.02 Å². The fourth-order valence-corrected chi connectivity index (χ4v) is 5.03. The molecule has 0 aromatic heterocycles. The fourth-order valence-electron chi connectivity index (χ4n) is 3.40. The Hall–Kier alpha value is -3.23. The highest BCUT2D eigenvalue weighted by Gasteiger charge is 2.37. The number of carbonyl (C=O) groups is 1. The minimum atomic E-state index is -3.95. The second kappa shape index (κ2) is 9.72. The van der Waals surface area contributed by atoms with Crippen molar-refractivity contribution in [3.63, 3.8) is 0 Å². The standard InChI is InChI=1S/C24H23ClN2O5S/c1-17-7-10-20(11-8-17)33(29,30)27-16-23(32-22-12-9-18(25)15-21(22)27)24(28)26-13-14-31-19-5-3-2-4-6-19/h2-12,15,23H,13-14,16H2,1H3,(H,26,28). The van der Waals surface area contributed by atoms with Crippen LogP contribution in [0.15, 0.2) is 77.7 Å². The van der Waals surface area contributed by atoms with Crippen molar-refractivity contribution in [1.29, 1.82) is 0 Å². The van der Waals surface area contributed by atoms with Crippen molar-refractivity contribution >= 4 is 33.2 Å². The lowest BCUT2D eigenvalue weighted by molar-refractivity contribution is -0.127. The minimum absolute atomic E-state index is 0.122. The number of benzene rings is 3. The van der Waals surface area contributed by atoms with Gasteiger partial charge in [-0.2, -0.15) is 0 Å². The van der Waals surface area contributed by atoms with Crippen LogP contribution in [0.4, 0.5) is 5.69 Å². The quantitative estimate of drug-likeness (QED) is 0.513. The van der Waals surface area contributed by atoms with Crippen LogP contribution in [0.5, 0.6) is 11.5 Å². The van der Waals surface area contributed by atoms with Gasteiger partial charge >= 0.3 is 0 Å². The third-order valence-electron chi connectivity index (χ3n) is 5.11. The Kier molecular flexibility index (Phi) is 6.76. The van der Waals surface area contributed by atoms with Crippen LogP contribution in [0.3, 0.4) is 0 Å². The molecule has 1 amide bonds. The number of fused-ring (bicyclic) bond motifs is 1. The maximum absolute atomic E-state index is 13.4. The van der Waals surface area contributed by atoms with E-state index < -0.39 is 22.0 Å². The number of hydrogen-bond acceptors (Lipinski definition) is 5. The molecule has 1 heterocycles. The maximum atomic E-state index is 13.4. The van der Waals surface area contributed by atoms with E-state index in [1.807, 2.05) is 37.3 Å². The average molecular weight is 487 g/mol. The van der Waals surface area contributed by atoms with Gasteiger partial charge in [-0.3, -0.25) is 9.10 Å². The van der Waals surface area contributed by atoms with Crippen molar-refractivity contribution in [3.05, 3.63) is 83.4 Å². The molecule has 4 rings (SSSR count). The van der Waals surface area contributed by atoms with Crippen molar-refractivity contribution in [2.24, 2.45) is 0 Å². The first-order chi connectivity index (χ1) is 15.8. The predicted molar refractivity (Wildman–Crippen MR) is 127 cm³/mol. The van der Waals surface area contributed by atoms with Crippen molar-refractivity contribution in [2.75, 3.05) is 24.0 Å². The van der Waals surface area contributed by atoms with E-state index in [9.17, 15) is 13.2 Å². The SMILES string of the molecule is Cc1ccc(S(=O)(=O)N2CC(C(=O)NCCOc3ccccc3)Oc3ccc(Cl)cc32)cc1. The molecule has 3 aromatic carbocycles. The Morgan fingerprint density at radius 1 is 1.12 bits per heavy atom. The molecule has 0 bridgehead atoms. The second-order valence-electron chi connectivity index (χ2n) is 7.52. The van der Waals surface area contributed by atoms with Gasteiger partial charge in [0.2, 0.25) is 0 Å². The summed E-state index contributed by atoms with van der Waals surface area (Å²) < 4.78 is 39.4. The van der Waals surface area contributed by atoms with Crippen LogP contribution in [0.2, 0.25) is 5.02 Å². The molecule has 0 spiro atoms. The predicted octanol–water partition coefficient (Wildman–Crippen LogP) is 3.80. The summed E-state index contributed by atoms with van der Waals surface area (Å²) in [4.78, 5) is 12.9. The summed E-state index contributed by atoms with van der Waals surface area (Å²) in [6.45, 7) is 2.20. The molecule has 1 unspecified atom stereocenters. The van der Waals surface area contributed by atoms with Crippen LogP contribution >= 0.6 is 11.6 Å². The van der Waals surface area contributed by atoms with E-state index in [0.29, 0.717) is 16.5 Å². The Bertz CT molecular complexity index is 1230. The first-order valence-corrected chi connectivity index (χ1v) is 12.2. The number of ether oxygens (including phenoxy) is 2. The summed E-state index contributed by atoms with van der Waals surface area (Å²) >= 11 is 6.12. The third kappa shape index (κ3) is 5.23. The van der Waals surface area contributed by atoms with Gasteiger partial charge in [0.25, 0.3) is 15.9 Å². The molecule has 0 radical (unpaired) electrons. The van der Waals surface area contributed by atoms with E-state index in [1.54, 1.807) is 36.4 Å². The van der Waals surface area contributed by atoms with Gasteiger partial charge in [0.15, 0.2) is 6.10 Å². The molecule has 1 atom stereocenters. The van der Waals surface area contributed by atoms with E-state index in [4.69, 9.17) is 21.1 Å². The summed E-state index contributed by atoms with van der Waals surface area (Å²) in [5, 5.41) is 3.11. The number of anilines is 1. The Morgan fingerprint density at radius 2 is 1.85 bits per heavy atom. The summed E-state index contributed by atoms with van der Waals surface area (Å²) in [6, 6.07) is 20.4. The summed E-state index contributed by atoms with van der Waals surface area (Å²) in [6.07, 6.45) is -1.03. The van der Waals surface area contributed by atoms with E-state index in [1.165, 1.54) is 10.4 Å². The molecule has 1 aliphatic heterocycles. The number of nitrogens with zero attached hydrogens (tertiary/aromatic N) is 1. The zero-order valence-electron chi connectivity index (χ0n) is 17.9. The fraction of sp³-hybridized carbons (Fsp3) is 0.208. The highest BCUT2D eigenvalue weighted by atomic mass is 35.5. The van der Waals surface area contributed by atoms with Crippen molar-refractivity contribution in [2.45, 2.75) is 17.9 Å². The first kappa shape index (κ1) is 22.9. The Balaban J connectivity index is 1.51.